The molecule has 0 aliphatic carbocycles. The van der Waals surface area contributed by atoms with Crippen molar-refractivity contribution in [1.29, 1.82) is 0 Å². The third-order valence-electron chi connectivity index (χ3n) is 5.20. The second-order valence-electron chi connectivity index (χ2n) is 7.48. The van der Waals surface area contributed by atoms with Crippen LogP contribution in [0, 0.1) is 6.92 Å². The molecule has 168 valence electrons. The molecule has 0 aliphatic rings. The Hall–Kier alpha value is -3.58. The van der Waals surface area contributed by atoms with Crippen molar-refractivity contribution in [3.63, 3.8) is 0 Å². The Morgan fingerprint density at radius 3 is 2.58 bits per heavy atom. The van der Waals surface area contributed by atoms with Crippen molar-refractivity contribution >= 4 is 40.4 Å². The standard InChI is InChI=1S/C26H24N2O4S/c1-3-18-11-8-9-17(2)24(18)28-23(29)15-31-25(30)20-12-5-4-10-19(20)16-33-26-27-21-13-6-7-14-22(21)32-26/h4-14H,3,15-16H2,1-2H3,(H,28,29). The van der Waals surface area contributed by atoms with E-state index in [0.29, 0.717) is 16.5 Å². The van der Waals surface area contributed by atoms with Crippen LogP contribution in [0.3, 0.4) is 0 Å². The number of aromatic nitrogens is 1. The van der Waals surface area contributed by atoms with Crippen LogP contribution in [-0.4, -0.2) is 23.5 Å². The summed E-state index contributed by atoms with van der Waals surface area (Å²) in [5, 5.41) is 3.40. The number of esters is 1. The quantitative estimate of drug-likeness (QED) is 0.265. The van der Waals surface area contributed by atoms with E-state index in [1.54, 1.807) is 12.1 Å². The van der Waals surface area contributed by atoms with Crippen molar-refractivity contribution in [2.45, 2.75) is 31.2 Å². The molecule has 0 saturated carbocycles. The van der Waals surface area contributed by atoms with E-state index in [1.165, 1.54) is 11.8 Å². The first-order valence-corrected chi connectivity index (χ1v) is 11.7. The number of benzene rings is 3. The van der Waals surface area contributed by atoms with Crippen LogP contribution in [0.1, 0.15) is 34.0 Å². The van der Waals surface area contributed by atoms with Crippen LogP contribution in [0.4, 0.5) is 5.69 Å². The molecule has 7 heteroatoms. The first kappa shape index (κ1) is 22.6. The van der Waals surface area contributed by atoms with Crippen molar-refractivity contribution in [3.8, 4) is 0 Å². The molecule has 1 aromatic heterocycles. The number of nitrogens with zero attached hydrogens (tertiary/aromatic N) is 1. The number of carbonyl (C=O) groups excluding carboxylic acids is 2. The van der Waals surface area contributed by atoms with Crippen LogP contribution in [0.5, 0.6) is 0 Å². The molecular weight excluding hydrogens is 436 g/mol. The van der Waals surface area contributed by atoms with Gasteiger partial charge in [0.25, 0.3) is 11.1 Å². The Morgan fingerprint density at radius 2 is 1.76 bits per heavy atom. The topological polar surface area (TPSA) is 81.4 Å². The molecule has 0 spiro atoms. The van der Waals surface area contributed by atoms with Gasteiger partial charge in [-0.2, -0.15) is 0 Å². The average Bonchev–Trinajstić information content (AvgIpc) is 3.26. The maximum atomic E-state index is 12.7. The number of aryl methyl sites for hydroxylation is 2. The molecule has 1 heterocycles. The second-order valence-corrected chi connectivity index (χ2v) is 8.41. The third-order valence-corrected chi connectivity index (χ3v) is 6.08. The zero-order valence-electron chi connectivity index (χ0n) is 18.5. The number of fused-ring (bicyclic) bond motifs is 1. The van der Waals surface area contributed by atoms with Crippen molar-refractivity contribution in [1.82, 2.24) is 4.98 Å². The minimum Gasteiger partial charge on any atom is -0.452 e. The summed E-state index contributed by atoms with van der Waals surface area (Å²) in [5.41, 5.74) is 5.49. The van der Waals surface area contributed by atoms with Gasteiger partial charge in [-0.05, 0) is 48.2 Å². The molecule has 0 unspecified atom stereocenters. The summed E-state index contributed by atoms with van der Waals surface area (Å²) in [5.74, 6) is -0.432. The van der Waals surface area contributed by atoms with E-state index in [0.717, 1.165) is 39.9 Å². The number of ether oxygens (including phenoxy) is 1. The molecule has 3 aromatic carbocycles. The van der Waals surface area contributed by atoms with E-state index < -0.39 is 5.97 Å². The van der Waals surface area contributed by atoms with E-state index in [1.807, 2.05) is 68.4 Å². The SMILES string of the molecule is CCc1cccc(C)c1NC(=O)COC(=O)c1ccccc1CSc1nc2ccccc2o1. The fourth-order valence-electron chi connectivity index (χ4n) is 3.48. The smallest absolute Gasteiger partial charge is 0.338 e. The summed E-state index contributed by atoms with van der Waals surface area (Å²) < 4.78 is 11.1. The number of anilines is 1. The maximum Gasteiger partial charge on any atom is 0.338 e. The molecule has 0 atom stereocenters. The second kappa shape index (κ2) is 10.4. The van der Waals surface area contributed by atoms with Crippen LogP contribution in [0.15, 0.2) is 76.4 Å². The number of nitrogens with one attached hydrogen (secondary N) is 1. The molecule has 6 nitrogen and oxygen atoms in total. The van der Waals surface area contributed by atoms with Crippen LogP contribution in [-0.2, 0) is 21.7 Å². The molecular formula is C26H24N2O4S. The number of oxazole rings is 1. The minimum absolute atomic E-state index is 0.358. The normalized spacial score (nSPS) is 10.8. The Morgan fingerprint density at radius 1 is 1.00 bits per heavy atom. The van der Waals surface area contributed by atoms with Crippen molar-refractivity contribution in [2.24, 2.45) is 0 Å². The predicted molar refractivity (Wildman–Crippen MR) is 129 cm³/mol. The largest absolute Gasteiger partial charge is 0.452 e. The summed E-state index contributed by atoms with van der Waals surface area (Å²) >= 11 is 1.40. The molecule has 0 aliphatic heterocycles. The van der Waals surface area contributed by atoms with Crippen molar-refractivity contribution in [2.75, 3.05) is 11.9 Å². The average molecular weight is 461 g/mol. The number of para-hydroxylation sites is 3. The molecule has 1 amide bonds. The summed E-state index contributed by atoms with van der Waals surface area (Å²) in [6, 6.07) is 20.6. The first-order valence-electron chi connectivity index (χ1n) is 10.7. The summed E-state index contributed by atoms with van der Waals surface area (Å²) in [6.45, 7) is 3.61. The van der Waals surface area contributed by atoms with E-state index in [2.05, 4.69) is 10.3 Å². The Bertz CT molecular complexity index is 1270. The summed E-state index contributed by atoms with van der Waals surface area (Å²) in [6.07, 6.45) is 0.794. The van der Waals surface area contributed by atoms with Gasteiger partial charge in [0.1, 0.15) is 5.52 Å². The monoisotopic (exact) mass is 460 g/mol. The molecule has 0 bridgehead atoms. The van der Waals surface area contributed by atoms with E-state index in [-0.39, 0.29) is 12.5 Å². The Balaban J connectivity index is 1.38. The first-order chi connectivity index (χ1) is 16.0. The number of hydrogen-bond acceptors (Lipinski definition) is 6. The molecule has 0 fully saturated rings. The fraction of sp³-hybridized carbons (Fsp3) is 0.192. The Kier molecular flexibility index (Phi) is 7.10. The lowest BCUT2D eigenvalue weighted by Crippen LogP contribution is -2.22. The summed E-state index contributed by atoms with van der Waals surface area (Å²) in [7, 11) is 0. The van der Waals surface area contributed by atoms with Gasteiger partial charge in [-0.3, -0.25) is 4.79 Å². The highest BCUT2D eigenvalue weighted by Crippen LogP contribution is 2.27. The molecule has 4 aromatic rings. The third kappa shape index (κ3) is 5.43. The lowest BCUT2D eigenvalue weighted by Gasteiger charge is -2.13. The number of rotatable bonds is 8. The van der Waals surface area contributed by atoms with Gasteiger partial charge < -0.3 is 14.5 Å². The van der Waals surface area contributed by atoms with Crippen LogP contribution in [0.25, 0.3) is 11.1 Å². The highest BCUT2D eigenvalue weighted by atomic mass is 32.2. The predicted octanol–water partition coefficient (Wildman–Crippen LogP) is 5.79. The Labute approximate surface area is 196 Å². The molecule has 33 heavy (non-hydrogen) atoms. The zero-order chi connectivity index (χ0) is 23.2. The van der Waals surface area contributed by atoms with Crippen LogP contribution >= 0.6 is 11.8 Å². The molecule has 4 rings (SSSR count). The van der Waals surface area contributed by atoms with Gasteiger partial charge in [0.15, 0.2) is 12.2 Å². The van der Waals surface area contributed by atoms with E-state index in [4.69, 9.17) is 9.15 Å². The van der Waals surface area contributed by atoms with Gasteiger partial charge in [-0.15, -0.1) is 0 Å². The van der Waals surface area contributed by atoms with E-state index in [9.17, 15) is 9.59 Å². The number of carbonyl (C=O) groups is 2. The summed E-state index contributed by atoms with van der Waals surface area (Å²) in [4.78, 5) is 29.6. The number of hydrogen-bond donors (Lipinski definition) is 1. The van der Waals surface area contributed by atoms with Gasteiger partial charge >= 0.3 is 5.97 Å². The molecule has 0 saturated heterocycles. The van der Waals surface area contributed by atoms with Crippen LogP contribution < -0.4 is 5.32 Å². The highest BCUT2D eigenvalue weighted by Gasteiger charge is 2.16. The lowest BCUT2D eigenvalue weighted by atomic mass is 10.1. The lowest BCUT2D eigenvalue weighted by molar-refractivity contribution is -0.119. The van der Waals surface area contributed by atoms with Crippen molar-refractivity contribution in [3.05, 3.63) is 89.0 Å². The maximum absolute atomic E-state index is 12.7. The zero-order valence-corrected chi connectivity index (χ0v) is 19.3. The molecule has 1 N–H and O–H groups in total. The highest BCUT2D eigenvalue weighted by molar-refractivity contribution is 7.98. The minimum atomic E-state index is -0.542. The van der Waals surface area contributed by atoms with Gasteiger partial charge in [0.2, 0.25) is 0 Å². The van der Waals surface area contributed by atoms with Gasteiger partial charge in [0, 0.05) is 11.4 Å². The van der Waals surface area contributed by atoms with Gasteiger partial charge in [0.05, 0.1) is 5.56 Å². The van der Waals surface area contributed by atoms with Gasteiger partial charge in [-0.1, -0.05) is 67.2 Å². The fourth-order valence-corrected chi connectivity index (χ4v) is 4.33. The van der Waals surface area contributed by atoms with Crippen molar-refractivity contribution < 1.29 is 18.7 Å². The number of thioether (sulfide) groups is 1. The number of amides is 1. The van der Waals surface area contributed by atoms with E-state index >= 15 is 0 Å². The van der Waals surface area contributed by atoms with Crippen LogP contribution in [0.2, 0.25) is 0 Å². The van der Waals surface area contributed by atoms with Gasteiger partial charge in [-0.25, -0.2) is 9.78 Å². The molecule has 0 radical (unpaired) electrons.